The van der Waals surface area contributed by atoms with Gasteiger partial charge < -0.3 is 10.3 Å². The zero-order chi connectivity index (χ0) is 11.4. The molecular weight excluding hydrogens is 203 g/mol. The maximum absolute atomic E-state index is 13.5. The molecule has 84 valence electrons. The number of hydrogen-bond acceptors (Lipinski definition) is 1. The third-order valence-electron chi connectivity index (χ3n) is 2.65. The van der Waals surface area contributed by atoms with Crippen molar-refractivity contribution in [3.05, 3.63) is 59.7 Å². The van der Waals surface area contributed by atoms with Crippen LogP contribution in [0.3, 0.4) is 0 Å². The first-order valence-corrected chi connectivity index (χ1v) is 5.37. The summed E-state index contributed by atoms with van der Waals surface area (Å²) < 4.78 is 13.5. The lowest BCUT2D eigenvalue weighted by atomic mass is 10.1. The van der Waals surface area contributed by atoms with Crippen LogP contribution < -0.4 is 5.32 Å². The van der Waals surface area contributed by atoms with E-state index in [-0.39, 0.29) is 11.9 Å². The van der Waals surface area contributed by atoms with Crippen LogP contribution in [0, 0.1) is 5.82 Å². The van der Waals surface area contributed by atoms with Crippen LogP contribution in [0.1, 0.15) is 24.1 Å². The summed E-state index contributed by atoms with van der Waals surface area (Å²) in [5.41, 5.74) is 1.88. The number of aromatic amines is 1. The monoisotopic (exact) mass is 218 g/mol. The lowest BCUT2D eigenvalue weighted by Crippen LogP contribution is -2.18. The number of rotatable bonds is 4. The number of aromatic nitrogens is 1. The van der Waals surface area contributed by atoms with Gasteiger partial charge in [0, 0.05) is 30.5 Å². The van der Waals surface area contributed by atoms with E-state index in [9.17, 15) is 4.39 Å². The topological polar surface area (TPSA) is 27.8 Å². The minimum Gasteiger partial charge on any atom is -0.367 e. The molecule has 2 N–H and O–H groups in total. The van der Waals surface area contributed by atoms with Gasteiger partial charge in [0.25, 0.3) is 0 Å². The van der Waals surface area contributed by atoms with Gasteiger partial charge in [0.1, 0.15) is 5.82 Å². The Bertz CT molecular complexity index is 437. The van der Waals surface area contributed by atoms with Gasteiger partial charge in [0.2, 0.25) is 0 Å². The Hall–Kier alpha value is -1.61. The van der Waals surface area contributed by atoms with Crippen molar-refractivity contribution in [1.82, 2.24) is 10.3 Å². The van der Waals surface area contributed by atoms with Gasteiger partial charge in [-0.1, -0.05) is 18.2 Å². The Kier molecular flexibility index (Phi) is 3.37. The highest BCUT2D eigenvalue weighted by molar-refractivity contribution is 5.20. The molecule has 16 heavy (non-hydrogen) atoms. The molecule has 1 atom stereocenters. The van der Waals surface area contributed by atoms with Crippen molar-refractivity contribution in [2.24, 2.45) is 0 Å². The van der Waals surface area contributed by atoms with Crippen molar-refractivity contribution in [2.45, 2.75) is 19.5 Å². The van der Waals surface area contributed by atoms with E-state index in [4.69, 9.17) is 0 Å². The van der Waals surface area contributed by atoms with E-state index >= 15 is 0 Å². The van der Waals surface area contributed by atoms with Crippen molar-refractivity contribution >= 4 is 0 Å². The van der Waals surface area contributed by atoms with Crippen molar-refractivity contribution in [1.29, 1.82) is 0 Å². The second-order valence-electron chi connectivity index (χ2n) is 3.84. The quantitative estimate of drug-likeness (QED) is 0.811. The lowest BCUT2D eigenvalue weighted by Gasteiger charge is -2.14. The Morgan fingerprint density at radius 1 is 1.31 bits per heavy atom. The third-order valence-corrected chi connectivity index (χ3v) is 2.65. The zero-order valence-corrected chi connectivity index (χ0v) is 9.20. The maximum atomic E-state index is 13.5. The number of benzene rings is 1. The molecule has 1 aromatic carbocycles. The molecular formula is C13H15FN2. The molecule has 2 rings (SSSR count). The number of nitrogens with one attached hydrogen (secondary N) is 2. The lowest BCUT2D eigenvalue weighted by molar-refractivity contribution is 0.528. The fraction of sp³-hybridized carbons (Fsp3) is 0.231. The van der Waals surface area contributed by atoms with E-state index in [1.807, 2.05) is 37.5 Å². The van der Waals surface area contributed by atoms with Crippen LogP contribution in [0.5, 0.6) is 0 Å². The van der Waals surface area contributed by atoms with E-state index in [2.05, 4.69) is 10.3 Å². The average Bonchev–Trinajstić information content (AvgIpc) is 2.79. The number of halogens is 1. The smallest absolute Gasteiger partial charge is 0.127 e. The number of H-pyrrole nitrogens is 1. The standard InChI is InChI=1S/C13H15FN2/c1-10(12-4-2-3-5-13(12)14)16-9-11-6-7-15-8-11/h2-8,10,15-16H,9H2,1H3. The predicted molar refractivity (Wildman–Crippen MR) is 62.4 cm³/mol. The van der Waals surface area contributed by atoms with Crippen LogP contribution in [0.2, 0.25) is 0 Å². The van der Waals surface area contributed by atoms with Crippen molar-refractivity contribution in [2.75, 3.05) is 0 Å². The van der Waals surface area contributed by atoms with Crippen LogP contribution >= 0.6 is 0 Å². The summed E-state index contributed by atoms with van der Waals surface area (Å²) >= 11 is 0. The molecule has 2 aromatic rings. The molecule has 0 aliphatic carbocycles. The molecule has 0 aliphatic rings. The molecule has 0 spiro atoms. The van der Waals surface area contributed by atoms with Gasteiger partial charge >= 0.3 is 0 Å². The normalized spacial score (nSPS) is 12.6. The zero-order valence-electron chi connectivity index (χ0n) is 9.20. The highest BCUT2D eigenvalue weighted by Crippen LogP contribution is 2.16. The Morgan fingerprint density at radius 2 is 2.12 bits per heavy atom. The SMILES string of the molecule is CC(NCc1cc[nH]c1)c1ccccc1F. The summed E-state index contributed by atoms with van der Waals surface area (Å²) in [5, 5.41) is 3.28. The van der Waals surface area contributed by atoms with E-state index in [1.54, 1.807) is 6.07 Å². The van der Waals surface area contributed by atoms with E-state index in [0.717, 1.165) is 6.54 Å². The largest absolute Gasteiger partial charge is 0.367 e. The Morgan fingerprint density at radius 3 is 2.81 bits per heavy atom. The second kappa shape index (κ2) is 4.94. The molecule has 2 nitrogen and oxygen atoms in total. The Balaban J connectivity index is 1.98. The molecule has 0 fully saturated rings. The van der Waals surface area contributed by atoms with Crippen LogP contribution in [-0.4, -0.2) is 4.98 Å². The molecule has 3 heteroatoms. The molecule has 0 saturated carbocycles. The van der Waals surface area contributed by atoms with E-state index in [0.29, 0.717) is 5.56 Å². The van der Waals surface area contributed by atoms with E-state index in [1.165, 1.54) is 11.6 Å². The predicted octanol–water partition coefficient (Wildman–Crippen LogP) is 3.00. The maximum Gasteiger partial charge on any atom is 0.127 e. The first-order chi connectivity index (χ1) is 7.77. The fourth-order valence-electron chi connectivity index (χ4n) is 1.68. The minimum absolute atomic E-state index is 0.0103. The summed E-state index contributed by atoms with van der Waals surface area (Å²) in [5.74, 6) is -0.156. The Labute approximate surface area is 94.5 Å². The van der Waals surface area contributed by atoms with Gasteiger partial charge in [-0.15, -0.1) is 0 Å². The molecule has 0 radical (unpaired) electrons. The van der Waals surface area contributed by atoms with Gasteiger partial charge in [-0.2, -0.15) is 0 Å². The highest BCUT2D eigenvalue weighted by Gasteiger charge is 2.09. The molecule has 1 aromatic heterocycles. The highest BCUT2D eigenvalue weighted by atomic mass is 19.1. The molecule has 1 heterocycles. The first kappa shape index (κ1) is 10.9. The average molecular weight is 218 g/mol. The second-order valence-corrected chi connectivity index (χ2v) is 3.84. The molecule has 1 unspecified atom stereocenters. The fourth-order valence-corrected chi connectivity index (χ4v) is 1.68. The summed E-state index contributed by atoms with van der Waals surface area (Å²) in [6, 6.07) is 8.87. The van der Waals surface area contributed by atoms with Gasteiger partial charge in [-0.3, -0.25) is 0 Å². The summed E-state index contributed by atoms with van der Waals surface area (Å²) in [7, 11) is 0. The van der Waals surface area contributed by atoms with Crippen LogP contribution in [0.15, 0.2) is 42.7 Å². The van der Waals surface area contributed by atoms with E-state index < -0.39 is 0 Å². The van der Waals surface area contributed by atoms with Crippen molar-refractivity contribution in [3.8, 4) is 0 Å². The van der Waals surface area contributed by atoms with Gasteiger partial charge in [0.15, 0.2) is 0 Å². The molecule has 0 amide bonds. The van der Waals surface area contributed by atoms with Gasteiger partial charge in [-0.25, -0.2) is 4.39 Å². The number of hydrogen-bond donors (Lipinski definition) is 2. The van der Waals surface area contributed by atoms with Crippen LogP contribution in [0.4, 0.5) is 4.39 Å². The minimum atomic E-state index is -0.156. The van der Waals surface area contributed by atoms with Gasteiger partial charge in [0.05, 0.1) is 0 Å². The summed E-state index contributed by atoms with van der Waals surface area (Å²) in [6.07, 6.45) is 3.81. The van der Waals surface area contributed by atoms with Crippen LogP contribution in [-0.2, 0) is 6.54 Å². The molecule has 0 aliphatic heterocycles. The van der Waals surface area contributed by atoms with Crippen LogP contribution in [0.25, 0.3) is 0 Å². The van der Waals surface area contributed by atoms with Crippen molar-refractivity contribution < 1.29 is 4.39 Å². The molecule has 0 bridgehead atoms. The summed E-state index contributed by atoms with van der Waals surface area (Å²) in [6.45, 7) is 2.70. The summed E-state index contributed by atoms with van der Waals surface area (Å²) in [4.78, 5) is 2.99. The van der Waals surface area contributed by atoms with Crippen molar-refractivity contribution in [3.63, 3.8) is 0 Å². The molecule has 0 saturated heterocycles. The third kappa shape index (κ3) is 2.49. The van der Waals surface area contributed by atoms with Gasteiger partial charge in [-0.05, 0) is 24.6 Å². The first-order valence-electron chi connectivity index (χ1n) is 5.37.